The maximum Gasteiger partial charge on any atom is 0.251 e. The Hall–Kier alpha value is -1.71. The fraction of sp³-hybridized carbons (Fsp3) is 0.533. The molecule has 4 nitrogen and oxygen atoms in total. The Morgan fingerprint density at radius 3 is 2.79 bits per heavy atom. The lowest BCUT2D eigenvalue weighted by atomic mass is 10.1. The van der Waals surface area contributed by atoms with Crippen LogP contribution in [0.2, 0.25) is 0 Å². The molecular weight excluding hydrogens is 238 g/mol. The second-order valence-electron chi connectivity index (χ2n) is 5.55. The zero-order chi connectivity index (χ0) is 13.8. The molecule has 2 unspecified atom stereocenters. The maximum atomic E-state index is 11.5. The first-order chi connectivity index (χ1) is 9.10. The Kier molecular flexibility index (Phi) is 4.30. The molecule has 0 saturated heterocycles. The average Bonchev–Trinajstić information content (AvgIpc) is 2.82. The van der Waals surface area contributed by atoms with E-state index in [0.717, 1.165) is 24.1 Å². The molecule has 2 rings (SSSR count). The van der Waals surface area contributed by atoms with E-state index in [0.29, 0.717) is 11.3 Å². The number of anilines is 2. The number of nitrogens with two attached hydrogens (primary N) is 1. The third-order valence-electron chi connectivity index (χ3n) is 3.93. The van der Waals surface area contributed by atoms with Crippen LogP contribution in [0.4, 0.5) is 11.4 Å². The smallest absolute Gasteiger partial charge is 0.251 e. The van der Waals surface area contributed by atoms with Gasteiger partial charge in [-0.2, -0.15) is 0 Å². The minimum atomic E-state index is -0.108. The molecule has 0 bridgehead atoms. The van der Waals surface area contributed by atoms with E-state index in [1.54, 1.807) is 19.2 Å². The fourth-order valence-corrected chi connectivity index (χ4v) is 2.77. The molecule has 1 aromatic rings. The van der Waals surface area contributed by atoms with Crippen molar-refractivity contribution in [2.45, 2.75) is 26.2 Å². The maximum absolute atomic E-state index is 11.5. The van der Waals surface area contributed by atoms with Gasteiger partial charge >= 0.3 is 0 Å². The minimum absolute atomic E-state index is 0.108. The van der Waals surface area contributed by atoms with Crippen LogP contribution in [0, 0.1) is 11.8 Å². The van der Waals surface area contributed by atoms with Gasteiger partial charge in [-0.15, -0.1) is 0 Å². The number of hydrogen-bond acceptors (Lipinski definition) is 3. The summed E-state index contributed by atoms with van der Waals surface area (Å²) in [7, 11) is 1.62. The molecule has 1 aromatic carbocycles. The van der Waals surface area contributed by atoms with Gasteiger partial charge in [-0.1, -0.05) is 13.3 Å². The molecule has 0 aromatic heterocycles. The van der Waals surface area contributed by atoms with Gasteiger partial charge < -0.3 is 16.4 Å². The quantitative estimate of drug-likeness (QED) is 0.729. The molecular formula is C15H23N3O. The normalized spacial score (nSPS) is 22.2. The Balaban J connectivity index is 1.95. The van der Waals surface area contributed by atoms with E-state index >= 15 is 0 Å². The van der Waals surface area contributed by atoms with Crippen LogP contribution in [0.3, 0.4) is 0 Å². The van der Waals surface area contributed by atoms with Crippen molar-refractivity contribution in [2.24, 2.45) is 11.8 Å². The van der Waals surface area contributed by atoms with Gasteiger partial charge in [0, 0.05) is 19.2 Å². The van der Waals surface area contributed by atoms with Crippen molar-refractivity contribution in [3.63, 3.8) is 0 Å². The van der Waals surface area contributed by atoms with Crippen LogP contribution in [-0.2, 0) is 0 Å². The van der Waals surface area contributed by atoms with Gasteiger partial charge in [0.05, 0.1) is 11.4 Å². The van der Waals surface area contributed by atoms with Crippen molar-refractivity contribution in [2.75, 3.05) is 24.6 Å². The molecule has 1 aliphatic rings. The van der Waals surface area contributed by atoms with Gasteiger partial charge in [0.2, 0.25) is 0 Å². The molecule has 1 aliphatic carbocycles. The van der Waals surface area contributed by atoms with Crippen LogP contribution >= 0.6 is 0 Å². The molecule has 19 heavy (non-hydrogen) atoms. The van der Waals surface area contributed by atoms with Crippen LogP contribution < -0.4 is 16.4 Å². The van der Waals surface area contributed by atoms with Crippen LogP contribution in [0.25, 0.3) is 0 Å². The second kappa shape index (κ2) is 5.95. The van der Waals surface area contributed by atoms with E-state index in [1.807, 2.05) is 6.07 Å². The molecule has 1 amide bonds. The highest BCUT2D eigenvalue weighted by molar-refractivity contribution is 5.95. The summed E-state index contributed by atoms with van der Waals surface area (Å²) in [4.78, 5) is 11.5. The highest BCUT2D eigenvalue weighted by Crippen LogP contribution is 2.31. The zero-order valence-electron chi connectivity index (χ0n) is 11.7. The van der Waals surface area contributed by atoms with Gasteiger partial charge in [-0.25, -0.2) is 0 Å². The van der Waals surface area contributed by atoms with Gasteiger partial charge in [0.1, 0.15) is 0 Å². The number of nitrogens with one attached hydrogen (secondary N) is 2. The van der Waals surface area contributed by atoms with Crippen molar-refractivity contribution < 1.29 is 4.79 Å². The van der Waals surface area contributed by atoms with E-state index in [-0.39, 0.29) is 5.91 Å². The number of benzene rings is 1. The van der Waals surface area contributed by atoms with Gasteiger partial charge in [0.25, 0.3) is 5.91 Å². The molecule has 4 heteroatoms. The number of nitrogen functional groups attached to an aromatic ring is 1. The zero-order valence-corrected chi connectivity index (χ0v) is 11.7. The predicted octanol–water partition coefficient (Wildman–Crippen LogP) is 2.48. The number of carbonyl (C=O) groups is 1. The number of carbonyl (C=O) groups excluding carboxylic acids is 1. The Bertz CT molecular complexity index is 459. The lowest BCUT2D eigenvalue weighted by Crippen LogP contribution is -2.18. The number of hydrogen-bond donors (Lipinski definition) is 3. The molecule has 0 aliphatic heterocycles. The van der Waals surface area contributed by atoms with E-state index in [1.165, 1.54) is 19.3 Å². The van der Waals surface area contributed by atoms with Gasteiger partial charge in [-0.3, -0.25) is 4.79 Å². The standard InChI is InChI=1S/C15H23N3O/c1-10-3-4-11(7-10)9-18-14-6-5-12(8-13(14)16)15(19)17-2/h5-6,8,10-11,18H,3-4,7,9,16H2,1-2H3,(H,17,19). The largest absolute Gasteiger partial charge is 0.397 e. The van der Waals surface area contributed by atoms with Crippen molar-refractivity contribution in [3.8, 4) is 0 Å². The van der Waals surface area contributed by atoms with Crippen molar-refractivity contribution in [3.05, 3.63) is 23.8 Å². The second-order valence-corrected chi connectivity index (χ2v) is 5.55. The van der Waals surface area contributed by atoms with Crippen LogP contribution in [0.5, 0.6) is 0 Å². The third-order valence-corrected chi connectivity index (χ3v) is 3.93. The van der Waals surface area contributed by atoms with Crippen LogP contribution in [-0.4, -0.2) is 19.5 Å². The average molecular weight is 261 g/mol. The highest BCUT2D eigenvalue weighted by atomic mass is 16.1. The summed E-state index contributed by atoms with van der Waals surface area (Å²) in [5.74, 6) is 1.48. The molecule has 4 N–H and O–H groups in total. The summed E-state index contributed by atoms with van der Waals surface area (Å²) < 4.78 is 0. The molecule has 104 valence electrons. The fourth-order valence-electron chi connectivity index (χ4n) is 2.77. The summed E-state index contributed by atoms with van der Waals surface area (Å²) >= 11 is 0. The van der Waals surface area contributed by atoms with E-state index in [4.69, 9.17) is 5.73 Å². The van der Waals surface area contributed by atoms with E-state index in [9.17, 15) is 4.79 Å². The van der Waals surface area contributed by atoms with Gasteiger partial charge in [0.15, 0.2) is 0 Å². The molecule has 1 saturated carbocycles. The summed E-state index contributed by atoms with van der Waals surface area (Å²) in [6.07, 6.45) is 3.92. The number of rotatable bonds is 4. The van der Waals surface area contributed by atoms with Gasteiger partial charge in [-0.05, 0) is 42.9 Å². The SMILES string of the molecule is CNC(=O)c1ccc(NCC2CCC(C)C2)c(N)c1. The van der Waals surface area contributed by atoms with E-state index in [2.05, 4.69) is 17.6 Å². The number of amides is 1. The summed E-state index contributed by atoms with van der Waals surface area (Å²) in [5.41, 5.74) is 8.14. The van der Waals surface area contributed by atoms with Crippen LogP contribution in [0.1, 0.15) is 36.5 Å². The highest BCUT2D eigenvalue weighted by Gasteiger charge is 2.21. The Morgan fingerprint density at radius 2 is 2.21 bits per heavy atom. The first-order valence-corrected chi connectivity index (χ1v) is 6.95. The van der Waals surface area contributed by atoms with Crippen LogP contribution in [0.15, 0.2) is 18.2 Å². The Labute approximate surface area is 114 Å². The Morgan fingerprint density at radius 1 is 1.42 bits per heavy atom. The van der Waals surface area contributed by atoms with Crippen molar-refractivity contribution in [1.82, 2.24) is 5.32 Å². The topological polar surface area (TPSA) is 67.2 Å². The minimum Gasteiger partial charge on any atom is -0.397 e. The molecule has 0 radical (unpaired) electrons. The predicted molar refractivity (Wildman–Crippen MR) is 79.2 cm³/mol. The first-order valence-electron chi connectivity index (χ1n) is 6.95. The summed E-state index contributed by atoms with van der Waals surface area (Å²) in [6, 6.07) is 5.41. The van der Waals surface area contributed by atoms with E-state index < -0.39 is 0 Å². The molecule has 2 atom stereocenters. The summed E-state index contributed by atoms with van der Waals surface area (Å²) in [6.45, 7) is 3.28. The third kappa shape index (κ3) is 3.40. The molecule has 1 fully saturated rings. The first kappa shape index (κ1) is 13.7. The lowest BCUT2D eigenvalue weighted by Gasteiger charge is -2.14. The van der Waals surface area contributed by atoms with Crippen molar-refractivity contribution in [1.29, 1.82) is 0 Å². The molecule has 0 heterocycles. The monoisotopic (exact) mass is 261 g/mol. The summed E-state index contributed by atoms with van der Waals surface area (Å²) in [5, 5.41) is 6.00. The molecule has 0 spiro atoms. The lowest BCUT2D eigenvalue weighted by molar-refractivity contribution is 0.0963. The van der Waals surface area contributed by atoms with Crippen molar-refractivity contribution >= 4 is 17.3 Å².